The summed E-state index contributed by atoms with van der Waals surface area (Å²) in [6.07, 6.45) is 5.55. The molecule has 2 rings (SSSR count). The smallest absolute Gasteiger partial charge is 0.243 e. The molecule has 19 heavy (non-hydrogen) atoms. The van der Waals surface area contributed by atoms with Gasteiger partial charge < -0.3 is 5.32 Å². The third-order valence-electron chi connectivity index (χ3n) is 3.55. The lowest BCUT2D eigenvalue weighted by Crippen LogP contribution is -2.41. The minimum absolute atomic E-state index is 0.158. The van der Waals surface area contributed by atoms with E-state index in [1.807, 2.05) is 0 Å². The Morgan fingerprint density at radius 1 is 1.47 bits per heavy atom. The Kier molecular flexibility index (Phi) is 4.42. The molecule has 1 N–H and O–H groups in total. The quantitative estimate of drug-likeness (QED) is 0.868. The molecule has 0 aromatic carbocycles. The largest absolute Gasteiger partial charge is 0.370 e. The lowest BCUT2D eigenvalue weighted by Gasteiger charge is -2.33. The Hall–Kier alpha value is -1.14. The van der Waals surface area contributed by atoms with E-state index in [1.165, 1.54) is 4.31 Å². The van der Waals surface area contributed by atoms with Gasteiger partial charge in [0.1, 0.15) is 5.82 Å². The van der Waals surface area contributed by atoms with Gasteiger partial charge in [-0.15, -0.1) is 0 Å². The lowest BCUT2D eigenvalue weighted by atomic mass is 9.94. The van der Waals surface area contributed by atoms with Gasteiger partial charge in [-0.1, -0.05) is 13.3 Å². The van der Waals surface area contributed by atoms with Crippen LogP contribution in [0.1, 0.15) is 32.6 Å². The van der Waals surface area contributed by atoms with Crippen molar-refractivity contribution in [2.45, 2.75) is 43.5 Å². The third kappa shape index (κ3) is 3.06. The van der Waals surface area contributed by atoms with Crippen molar-refractivity contribution in [3.8, 4) is 0 Å². The predicted octanol–water partition coefficient (Wildman–Crippen LogP) is 2.08. The molecule has 106 valence electrons. The summed E-state index contributed by atoms with van der Waals surface area (Å²) in [5, 5.41) is 3.11. The minimum Gasteiger partial charge on any atom is -0.370 e. The number of anilines is 1. The summed E-state index contributed by atoms with van der Waals surface area (Å²) in [5.41, 5.74) is 0. The molecule has 0 aliphatic heterocycles. The SMILES string of the molecule is CCCNc1cc(S(=O)(=O)N(C)C2CCC2)ccn1. The second kappa shape index (κ2) is 5.88. The van der Waals surface area contributed by atoms with Crippen molar-refractivity contribution in [3.63, 3.8) is 0 Å². The monoisotopic (exact) mass is 283 g/mol. The molecule has 1 aliphatic rings. The zero-order valence-corrected chi connectivity index (χ0v) is 12.3. The van der Waals surface area contributed by atoms with Crippen molar-refractivity contribution < 1.29 is 8.42 Å². The number of nitrogens with zero attached hydrogens (tertiary/aromatic N) is 2. The molecule has 0 radical (unpaired) electrons. The first-order valence-electron chi connectivity index (χ1n) is 6.73. The van der Waals surface area contributed by atoms with Gasteiger partial charge in [0.25, 0.3) is 0 Å². The van der Waals surface area contributed by atoms with Crippen LogP contribution in [-0.4, -0.2) is 37.3 Å². The average molecular weight is 283 g/mol. The molecule has 0 spiro atoms. The van der Waals surface area contributed by atoms with Crippen molar-refractivity contribution in [2.75, 3.05) is 18.9 Å². The highest BCUT2D eigenvalue weighted by molar-refractivity contribution is 7.89. The van der Waals surface area contributed by atoms with Crippen LogP contribution in [0.3, 0.4) is 0 Å². The van der Waals surface area contributed by atoms with Crippen molar-refractivity contribution in [1.29, 1.82) is 0 Å². The molecule has 6 heteroatoms. The molecule has 1 fully saturated rings. The number of sulfonamides is 1. The predicted molar refractivity (Wildman–Crippen MR) is 75.6 cm³/mol. The summed E-state index contributed by atoms with van der Waals surface area (Å²) in [4.78, 5) is 4.45. The summed E-state index contributed by atoms with van der Waals surface area (Å²) in [5.74, 6) is 0.616. The zero-order chi connectivity index (χ0) is 13.9. The first-order valence-corrected chi connectivity index (χ1v) is 8.17. The van der Waals surface area contributed by atoms with Gasteiger partial charge in [0.05, 0.1) is 4.90 Å². The van der Waals surface area contributed by atoms with E-state index in [1.54, 1.807) is 25.4 Å². The summed E-state index contributed by atoms with van der Waals surface area (Å²) in [7, 11) is -1.73. The van der Waals surface area contributed by atoms with E-state index >= 15 is 0 Å². The van der Waals surface area contributed by atoms with Gasteiger partial charge in [0, 0.05) is 31.9 Å². The average Bonchev–Trinajstić information content (AvgIpc) is 2.34. The number of nitrogens with one attached hydrogen (secondary N) is 1. The maximum atomic E-state index is 12.5. The van der Waals surface area contributed by atoms with Gasteiger partial charge in [-0.2, -0.15) is 4.31 Å². The number of aromatic nitrogens is 1. The molecule has 0 saturated heterocycles. The van der Waals surface area contributed by atoms with Gasteiger partial charge in [-0.3, -0.25) is 0 Å². The number of hydrogen-bond acceptors (Lipinski definition) is 4. The first kappa shape index (κ1) is 14.3. The zero-order valence-electron chi connectivity index (χ0n) is 11.5. The highest BCUT2D eigenvalue weighted by Gasteiger charge is 2.31. The van der Waals surface area contributed by atoms with E-state index in [2.05, 4.69) is 17.2 Å². The van der Waals surface area contributed by atoms with Crippen molar-refractivity contribution >= 4 is 15.8 Å². The van der Waals surface area contributed by atoms with Crippen LogP contribution in [0.15, 0.2) is 23.2 Å². The van der Waals surface area contributed by atoms with Crippen LogP contribution in [0.4, 0.5) is 5.82 Å². The molecule has 1 heterocycles. The Balaban J connectivity index is 2.19. The van der Waals surface area contributed by atoms with Crippen LogP contribution >= 0.6 is 0 Å². The molecular formula is C13H21N3O2S. The van der Waals surface area contributed by atoms with E-state index in [0.29, 0.717) is 10.7 Å². The fourth-order valence-electron chi connectivity index (χ4n) is 2.03. The van der Waals surface area contributed by atoms with Gasteiger partial charge >= 0.3 is 0 Å². The highest BCUT2D eigenvalue weighted by Crippen LogP contribution is 2.28. The molecule has 0 atom stereocenters. The van der Waals surface area contributed by atoms with Gasteiger partial charge in [0.2, 0.25) is 10.0 Å². The fourth-order valence-corrected chi connectivity index (χ4v) is 3.46. The molecule has 1 aromatic heterocycles. The maximum absolute atomic E-state index is 12.5. The van der Waals surface area contributed by atoms with Gasteiger partial charge in [-0.25, -0.2) is 13.4 Å². The second-order valence-corrected chi connectivity index (χ2v) is 6.91. The molecule has 0 unspecified atom stereocenters. The van der Waals surface area contributed by atoms with Crippen LogP contribution < -0.4 is 5.32 Å². The Labute approximate surface area is 115 Å². The van der Waals surface area contributed by atoms with Crippen molar-refractivity contribution in [2.24, 2.45) is 0 Å². The summed E-state index contributed by atoms with van der Waals surface area (Å²) >= 11 is 0. The molecule has 5 nitrogen and oxygen atoms in total. The van der Waals surface area contributed by atoms with Gasteiger partial charge in [-0.05, 0) is 25.3 Å². The van der Waals surface area contributed by atoms with Crippen LogP contribution in [0.25, 0.3) is 0 Å². The second-order valence-electron chi connectivity index (χ2n) is 4.91. The summed E-state index contributed by atoms with van der Waals surface area (Å²) in [6, 6.07) is 3.33. The van der Waals surface area contributed by atoms with Crippen LogP contribution in [-0.2, 0) is 10.0 Å². The molecule has 1 aromatic rings. The van der Waals surface area contributed by atoms with E-state index in [9.17, 15) is 8.42 Å². The minimum atomic E-state index is -3.39. The van der Waals surface area contributed by atoms with E-state index < -0.39 is 10.0 Å². The third-order valence-corrected chi connectivity index (χ3v) is 5.46. The maximum Gasteiger partial charge on any atom is 0.243 e. The van der Waals surface area contributed by atoms with Crippen LogP contribution in [0.2, 0.25) is 0 Å². The van der Waals surface area contributed by atoms with Crippen LogP contribution in [0, 0.1) is 0 Å². The molecule has 0 amide bonds. The first-order chi connectivity index (χ1) is 9.05. The molecule has 1 saturated carbocycles. The Morgan fingerprint density at radius 2 is 2.21 bits per heavy atom. The summed E-state index contributed by atoms with van der Waals surface area (Å²) in [6.45, 7) is 2.84. The van der Waals surface area contributed by atoms with E-state index in [-0.39, 0.29) is 6.04 Å². The van der Waals surface area contributed by atoms with E-state index in [4.69, 9.17) is 0 Å². The number of rotatable bonds is 6. The number of hydrogen-bond donors (Lipinski definition) is 1. The van der Waals surface area contributed by atoms with Gasteiger partial charge in [0.15, 0.2) is 0 Å². The topological polar surface area (TPSA) is 62.3 Å². The standard InChI is InChI=1S/C13H21N3O2S/c1-3-8-14-13-10-12(7-9-15-13)19(17,18)16(2)11-5-4-6-11/h7,9-11H,3-6,8H2,1-2H3,(H,14,15). The lowest BCUT2D eigenvalue weighted by molar-refractivity contribution is 0.249. The van der Waals surface area contributed by atoms with Crippen LogP contribution in [0.5, 0.6) is 0 Å². The van der Waals surface area contributed by atoms with Crippen molar-refractivity contribution in [1.82, 2.24) is 9.29 Å². The highest BCUT2D eigenvalue weighted by atomic mass is 32.2. The fraction of sp³-hybridized carbons (Fsp3) is 0.615. The molecule has 0 bridgehead atoms. The molecular weight excluding hydrogens is 262 g/mol. The Bertz CT molecular complexity index is 526. The summed E-state index contributed by atoms with van der Waals surface area (Å²) < 4.78 is 26.4. The number of pyridine rings is 1. The van der Waals surface area contributed by atoms with Crippen molar-refractivity contribution in [3.05, 3.63) is 18.3 Å². The Morgan fingerprint density at radius 3 is 2.79 bits per heavy atom. The molecule has 1 aliphatic carbocycles. The normalized spacial score (nSPS) is 16.4. The van der Waals surface area contributed by atoms with E-state index in [0.717, 1.165) is 32.2 Å².